The maximum atomic E-state index is 15.0. The van der Waals surface area contributed by atoms with Gasteiger partial charge in [0.05, 0.1) is 11.9 Å². The number of pyridine rings is 1. The van der Waals surface area contributed by atoms with Crippen LogP contribution in [0.2, 0.25) is 0 Å². The van der Waals surface area contributed by atoms with Gasteiger partial charge >= 0.3 is 0 Å². The molecule has 1 aromatic heterocycles. The fourth-order valence-electron chi connectivity index (χ4n) is 3.37. The Kier molecular flexibility index (Phi) is 6.76. The molecule has 0 atom stereocenters. The fourth-order valence-corrected chi connectivity index (χ4v) is 3.37. The third-order valence-corrected chi connectivity index (χ3v) is 4.79. The number of amidine groups is 1. The van der Waals surface area contributed by atoms with Crippen LogP contribution in [0.1, 0.15) is 38.7 Å². The molecule has 2 aromatic rings. The van der Waals surface area contributed by atoms with Gasteiger partial charge in [-0.3, -0.25) is 9.79 Å². The molecule has 28 heavy (non-hydrogen) atoms. The molecule has 5 nitrogen and oxygen atoms in total. The van der Waals surface area contributed by atoms with Gasteiger partial charge in [-0.05, 0) is 68.4 Å². The molecular formula is C22H27FN4O. The zero-order valence-corrected chi connectivity index (χ0v) is 16.4. The minimum absolute atomic E-state index is 0.150. The second kappa shape index (κ2) is 9.46. The van der Waals surface area contributed by atoms with Crippen molar-refractivity contribution >= 4 is 22.3 Å². The molecule has 1 saturated heterocycles. The number of hydrogen-bond acceptors (Lipinski definition) is 3. The zero-order valence-electron chi connectivity index (χ0n) is 16.4. The van der Waals surface area contributed by atoms with Gasteiger partial charge in [0.15, 0.2) is 0 Å². The van der Waals surface area contributed by atoms with E-state index in [4.69, 9.17) is 0 Å². The van der Waals surface area contributed by atoms with Gasteiger partial charge in [0, 0.05) is 23.4 Å². The number of aliphatic imine (C=N–C) groups is 1. The highest BCUT2D eigenvalue weighted by atomic mass is 19.1. The Bertz CT molecular complexity index is 968. The minimum Gasteiger partial charge on any atom is -0.348 e. The molecule has 148 valence electrons. The lowest BCUT2D eigenvalue weighted by molar-refractivity contribution is 0.459. The van der Waals surface area contributed by atoms with Crippen LogP contribution in [0.25, 0.3) is 16.5 Å². The Morgan fingerprint density at radius 2 is 2.07 bits per heavy atom. The number of hydrogen-bond donors (Lipinski definition) is 3. The summed E-state index contributed by atoms with van der Waals surface area (Å²) in [5.41, 5.74) is 1.88. The van der Waals surface area contributed by atoms with Gasteiger partial charge in [-0.2, -0.15) is 0 Å². The lowest BCUT2D eigenvalue weighted by atomic mass is 10.0. The predicted molar refractivity (Wildman–Crippen MR) is 114 cm³/mol. The molecule has 0 aliphatic carbocycles. The van der Waals surface area contributed by atoms with Crippen LogP contribution < -0.4 is 16.2 Å². The largest absolute Gasteiger partial charge is 0.348 e. The molecule has 0 radical (unpaired) electrons. The van der Waals surface area contributed by atoms with Crippen LogP contribution in [0.3, 0.4) is 0 Å². The first-order valence-electron chi connectivity index (χ1n) is 9.78. The highest BCUT2D eigenvalue weighted by Gasteiger charge is 2.12. The zero-order chi connectivity index (χ0) is 19.9. The van der Waals surface area contributed by atoms with Crippen LogP contribution >= 0.6 is 0 Å². The summed E-state index contributed by atoms with van der Waals surface area (Å²) >= 11 is 0. The Labute approximate surface area is 164 Å². The van der Waals surface area contributed by atoms with Gasteiger partial charge in [-0.15, -0.1) is 0 Å². The molecule has 0 bridgehead atoms. The second-order valence-corrected chi connectivity index (χ2v) is 6.98. The molecule has 1 aliphatic rings. The summed E-state index contributed by atoms with van der Waals surface area (Å²) in [6.45, 7) is 5.79. The summed E-state index contributed by atoms with van der Waals surface area (Å²) in [7, 11) is 0. The number of fused-ring (bicyclic) bond motifs is 1. The van der Waals surface area contributed by atoms with Gasteiger partial charge in [0.1, 0.15) is 5.83 Å². The maximum absolute atomic E-state index is 15.0. The summed E-state index contributed by atoms with van der Waals surface area (Å²) in [6, 6.07) is 9.03. The first-order valence-corrected chi connectivity index (χ1v) is 9.78. The van der Waals surface area contributed by atoms with Gasteiger partial charge in [-0.1, -0.05) is 19.1 Å². The Morgan fingerprint density at radius 3 is 2.82 bits per heavy atom. The first-order chi connectivity index (χ1) is 13.6. The van der Waals surface area contributed by atoms with Gasteiger partial charge in [0.25, 0.3) is 0 Å². The maximum Gasteiger partial charge on any atom is 0.248 e. The van der Waals surface area contributed by atoms with E-state index in [9.17, 15) is 9.18 Å². The molecule has 0 unspecified atom stereocenters. The third-order valence-electron chi connectivity index (χ3n) is 4.79. The number of aromatic amines is 1. The summed E-state index contributed by atoms with van der Waals surface area (Å²) in [5.74, 6) is 0.375. The molecule has 0 spiro atoms. The van der Waals surface area contributed by atoms with Crippen LogP contribution in [0, 0.1) is 0 Å². The normalized spacial score (nSPS) is 17.2. The number of nitrogens with one attached hydrogen (secondary N) is 3. The molecule has 3 N–H and O–H groups in total. The molecule has 0 amide bonds. The lowest BCUT2D eigenvalue weighted by Crippen LogP contribution is -2.31. The molecule has 2 heterocycles. The van der Waals surface area contributed by atoms with E-state index in [1.807, 2.05) is 32.1 Å². The quantitative estimate of drug-likeness (QED) is 0.417. The average molecular weight is 382 g/mol. The number of rotatable bonds is 5. The predicted octanol–water partition coefficient (Wildman–Crippen LogP) is 3.89. The van der Waals surface area contributed by atoms with E-state index in [1.165, 1.54) is 12.3 Å². The fraction of sp³-hybridized carbons (Fsp3) is 0.364. The van der Waals surface area contributed by atoms with Crippen molar-refractivity contribution in [3.8, 4) is 0 Å². The summed E-state index contributed by atoms with van der Waals surface area (Å²) in [5, 5.41) is 7.16. The first kappa shape index (κ1) is 20.0. The molecule has 3 rings (SSSR count). The number of nitrogens with zero attached hydrogens (tertiary/aromatic N) is 1. The monoisotopic (exact) mass is 382 g/mol. The minimum atomic E-state index is -0.342. The van der Waals surface area contributed by atoms with E-state index < -0.39 is 0 Å². The van der Waals surface area contributed by atoms with Crippen molar-refractivity contribution in [2.45, 2.75) is 39.2 Å². The number of aromatic nitrogens is 1. The molecule has 1 aromatic carbocycles. The van der Waals surface area contributed by atoms with E-state index in [1.54, 1.807) is 12.1 Å². The van der Waals surface area contributed by atoms with E-state index in [0.717, 1.165) is 42.4 Å². The Hall–Kier alpha value is -2.73. The van der Waals surface area contributed by atoms with E-state index in [2.05, 4.69) is 20.6 Å². The van der Waals surface area contributed by atoms with Crippen LogP contribution in [-0.4, -0.2) is 30.0 Å². The van der Waals surface area contributed by atoms with Crippen molar-refractivity contribution in [3.63, 3.8) is 0 Å². The summed E-state index contributed by atoms with van der Waals surface area (Å²) < 4.78 is 15.0. The Morgan fingerprint density at radius 1 is 1.29 bits per heavy atom. The topological polar surface area (TPSA) is 69.3 Å². The highest BCUT2D eigenvalue weighted by Crippen LogP contribution is 2.26. The van der Waals surface area contributed by atoms with Crippen LogP contribution in [0.5, 0.6) is 0 Å². The second-order valence-electron chi connectivity index (χ2n) is 6.98. The number of allylic oxidation sites excluding steroid dienone is 3. The molecule has 6 heteroatoms. The van der Waals surface area contributed by atoms with E-state index >= 15 is 0 Å². The summed E-state index contributed by atoms with van der Waals surface area (Å²) in [4.78, 5) is 18.9. The number of H-pyrrole nitrogens is 1. The number of piperidine rings is 1. The molecule has 1 aliphatic heterocycles. The van der Waals surface area contributed by atoms with Crippen molar-refractivity contribution < 1.29 is 4.39 Å². The SMILES string of the molecule is CC/C=C(/C(F)=C\NC(C)=NC1CCNCC1)c1ccc2[nH]c(=O)ccc2c1. The van der Waals surface area contributed by atoms with Gasteiger partial charge in [0.2, 0.25) is 5.56 Å². The van der Waals surface area contributed by atoms with Crippen molar-refractivity contribution in [2.75, 3.05) is 13.1 Å². The van der Waals surface area contributed by atoms with Crippen molar-refractivity contribution in [1.29, 1.82) is 0 Å². The Balaban J connectivity index is 1.80. The van der Waals surface area contributed by atoms with Crippen molar-refractivity contribution in [3.05, 3.63) is 64.4 Å². The average Bonchev–Trinajstić information content (AvgIpc) is 2.70. The molecular weight excluding hydrogens is 355 g/mol. The lowest BCUT2D eigenvalue weighted by Gasteiger charge is -2.19. The number of halogens is 1. The van der Waals surface area contributed by atoms with Crippen LogP contribution in [-0.2, 0) is 0 Å². The third kappa shape index (κ3) is 5.16. The van der Waals surface area contributed by atoms with E-state index in [-0.39, 0.29) is 11.4 Å². The standard InChI is InChI=1S/C22H27FN4O/c1-3-4-19(16-5-7-21-17(13-16)6-8-22(28)27-21)20(23)14-25-15(2)26-18-9-11-24-12-10-18/h4-8,13-14,18,24H,3,9-12H2,1-2H3,(H,25,26)(H,27,28)/b19-4+,20-14+. The molecule has 1 fully saturated rings. The van der Waals surface area contributed by atoms with Gasteiger partial charge < -0.3 is 15.6 Å². The molecule has 0 saturated carbocycles. The van der Waals surface area contributed by atoms with Crippen molar-refractivity contribution in [2.24, 2.45) is 4.99 Å². The number of benzene rings is 1. The van der Waals surface area contributed by atoms with Crippen molar-refractivity contribution in [1.82, 2.24) is 15.6 Å². The van der Waals surface area contributed by atoms with Crippen LogP contribution in [0.4, 0.5) is 4.39 Å². The van der Waals surface area contributed by atoms with Crippen LogP contribution in [0.15, 0.2) is 58.2 Å². The van der Waals surface area contributed by atoms with E-state index in [0.29, 0.717) is 23.9 Å². The van der Waals surface area contributed by atoms with Gasteiger partial charge in [-0.25, -0.2) is 4.39 Å². The smallest absolute Gasteiger partial charge is 0.248 e. The highest BCUT2D eigenvalue weighted by molar-refractivity contribution is 5.87. The summed E-state index contributed by atoms with van der Waals surface area (Å²) in [6.07, 6.45) is 5.96.